The molecule has 3 rings (SSSR count). The Morgan fingerprint density at radius 2 is 1.46 bits per heavy atom. The largest absolute Gasteiger partial charge is 0.277 e. The van der Waals surface area contributed by atoms with E-state index in [4.69, 9.17) is 0 Å². The van der Waals surface area contributed by atoms with Gasteiger partial charge in [0.05, 0.1) is 22.7 Å². The lowest BCUT2D eigenvalue weighted by molar-refractivity contribution is -0.383. The highest BCUT2D eigenvalue weighted by Gasteiger charge is 2.37. The van der Waals surface area contributed by atoms with Crippen molar-refractivity contribution in [1.82, 2.24) is 9.60 Å². The lowest BCUT2D eigenvalue weighted by atomic mass is 10.0. The highest BCUT2D eigenvalue weighted by molar-refractivity contribution is 6.00. The summed E-state index contributed by atoms with van der Waals surface area (Å²) in [6.07, 6.45) is 0. The van der Waals surface area contributed by atoms with Crippen molar-refractivity contribution in [2.75, 3.05) is 20.1 Å². The zero-order valence-corrected chi connectivity index (χ0v) is 15.4. The summed E-state index contributed by atoms with van der Waals surface area (Å²) in [6.45, 7) is 5.98. The van der Waals surface area contributed by atoms with Crippen LogP contribution in [0, 0.1) is 10.1 Å². The minimum absolute atomic E-state index is 0.142. The SMILES string of the molecule is CCN(CC)[N+](C)(c1ccccc1)c1ccc([N+](=O)[O-])c2ccccc12. The van der Waals surface area contributed by atoms with E-state index < -0.39 is 0 Å². The van der Waals surface area contributed by atoms with E-state index in [1.165, 1.54) is 0 Å². The Balaban J connectivity index is 2.36. The average Bonchev–Trinajstić information content (AvgIpc) is 2.68. The zero-order chi connectivity index (χ0) is 18.7. The quantitative estimate of drug-likeness (QED) is 0.345. The van der Waals surface area contributed by atoms with E-state index in [1.54, 1.807) is 6.07 Å². The molecule has 0 fully saturated rings. The van der Waals surface area contributed by atoms with Gasteiger partial charge in [-0.15, -0.1) is 5.01 Å². The molecule has 0 heterocycles. The molecule has 26 heavy (non-hydrogen) atoms. The maximum Gasteiger partial charge on any atom is 0.277 e. The normalized spacial score (nSPS) is 13.7. The minimum atomic E-state index is -0.309. The van der Waals surface area contributed by atoms with Crippen LogP contribution in [-0.4, -0.2) is 30.1 Å². The molecule has 5 heteroatoms. The average molecular weight is 350 g/mol. The number of rotatable bonds is 6. The van der Waals surface area contributed by atoms with Gasteiger partial charge in [0.2, 0.25) is 0 Å². The molecule has 3 aromatic carbocycles. The molecule has 1 unspecified atom stereocenters. The number of quaternary nitrogens is 1. The van der Waals surface area contributed by atoms with Crippen LogP contribution in [0.2, 0.25) is 0 Å². The monoisotopic (exact) mass is 350 g/mol. The molecule has 0 N–H and O–H groups in total. The van der Waals surface area contributed by atoms with E-state index in [0.717, 1.165) is 29.9 Å². The van der Waals surface area contributed by atoms with E-state index in [0.29, 0.717) is 9.98 Å². The fourth-order valence-corrected chi connectivity index (χ4v) is 3.77. The molecular weight excluding hydrogens is 326 g/mol. The third-order valence-electron chi connectivity index (χ3n) is 5.10. The molecule has 0 saturated heterocycles. The van der Waals surface area contributed by atoms with Crippen LogP contribution in [0.3, 0.4) is 0 Å². The summed E-state index contributed by atoms with van der Waals surface area (Å²) < 4.78 is 0.465. The number of nitrogens with zero attached hydrogens (tertiary/aromatic N) is 3. The van der Waals surface area contributed by atoms with Crippen molar-refractivity contribution in [3.63, 3.8) is 0 Å². The Hall–Kier alpha value is -2.76. The Labute approximate surface area is 153 Å². The van der Waals surface area contributed by atoms with Gasteiger partial charge in [-0.3, -0.25) is 10.1 Å². The molecule has 1 atom stereocenters. The van der Waals surface area contributed by atoms with Gasteiger partial charge in [0.25, 0.3) is 5.69 Å². The van der Waals surface area contributed by atoms with E-state index in [9.17, 15) is 10.1 Å². The number of hydrogen-bond donors (Lipinski definition) is 0. The van der Waals surface area contributed by atoms with Crippen LogP contribution < -0.4 is 4.59 Å². The molecule has 0 aromatic heterocycles. The van der Waals surface area contributed by atoms with Crippen LogP contribution in [0.15, 0.2) is 66.7 Å². The third kappa shape index (κ3) is 2.85. The van der Waals surface area contributed by atoms with Crippen LogP contribution in [0.25, 0.3) is 10.8 Å². The fraction of sp³-hybridized carbons (Fsp3) is 0.238. The van der Waals surface area contributed by atoms with Crippen LogP contribution in [-0.2, 0) is 0 Å². The summed E-state index contributed by atoms with van der Waals surface area (Å²) >= 11 is 0. The molecule has 0 aliphatic carbocycles. The van der Waals surface area contributed by atoms with Gasteiger partial charge in [-0.05, 0) is 26.0 Å². The number of nitro benzene ring substituents is 1. The van der Waals surface area contributed by atoms with Crippen molar-refractivity contribution in [3.8, 4) is 0 Å². The zero-order valence-electron chi connectivity index (χ0n) is 15.4. The maximum absolute atomic E-state index is 11.5. The first kappa shape index (κ1) is 18.0. The fourth-order valence-electron chi connectivity index (χ4n) is 3.77. The molecule has 0 spiro atoms. The molecule has 0 bridgehead atoms. The van der Waals surface area contributed by atoms with Gasteiger partial charge in [0, 0.05) is 37.4 Å². The van der Waals surface area contributed by atoms with Crippen LogP contribution in [0.5, 0.6) is 0 Å². The topological polar surface area (TPSA) is 46.4 Å². The van der Waals surface area contributed by atoms with Crippen LogP contribution >= 0.6 is 0 Å². The number of non-ortho nitro benzene ring substituents is 1. The van der Waals surface area contributed by atoms with Gasteiger partial charge >= 0.3 is 0 Å². The van der Waals surface area contributed by atoms with Gasteiger partial charge in [-0.25, -0.2) is 0 Å². The van der Waals surface area contributed by atoms with Gasteiger partial charge in [-0.1, -0.05) is 30.3 Å². The molecule has 0 radical (unpaired) electrons. The van der Waals surface area contributed by atoms with Crippen molar-refractivity contribution in [2.45, 2.75) is 13.8 Å². The summed E-state index contributed by atoms with van der Waals surface area (Å²) in [5, 5.41) is 15.4. The summed E-state index contributed by atoms with van der Waals surface area (Å²) in [7, 11) is 2.15. The first-order chi connectivity index (χ1) is 12.5. The summed E-state index contributed by atoms with van der Waals surface area (Å²) in [5.41, 5.74) is 2.29. The second-order valence-electron chi connectivity index (χ2n) is 6.34. The van der Waals surface area contributed by atoms with Crippen molar-refractivity contribution < 1.29 is 4.92 Å². The highest BCUT2D eigenvalue weighted by Crippen LogP contribution is 2.42. The smallest absolute Gasteiger partial charge is 0.258 e. The molecule has 0 amide bonds. The van der Waals surface area contributed by atoms with Crippen molar-refractivity contribution in [2.24, 2.45) is 0 Å². The molecule has 134 valence electrons. The predicted octanol–water partition coefficient (Wildman–Crippen LogP) is 5.27. The number of para-hydroxylation sites is 1. The van der Waals surface area contributed by atoms with E-state index in [-0.39, 0.29) is 10.6 Å². The van der Waals surface area contributed by atoms with Gasteiger partial charge in [-0.2, -0.15) is 4.59 Å². The van der Waals surface area contributed by atoms with E-state index >= 15 is 0 Å². The maximum atomic E-state index is 11.5. The van der Waals surface area contributed by atoms with Gasteiger partial charge in [0.15, 0.2) is 11.4 Å². The highest BCUT2D eigenvalue weighted by atomic mass is 16.6. The van der Waals surface area contributed by atoms with Crippen molar-refractivity contribution in [3.05, 3.63) is 76.8 Å². The van der Waals surface area contributed by atoms with Crippen LogP contribution in [0.1, 0.15) is 13.8 Å². The van der Waals surface area contributed by atoms with Crippen molar-refractivity contribution >= 4 is 27.8 Å². The van der Waals surface area contributed by atoms with E-state index in [2.05, 4.69) is 38.0 Å². The number of hydrogen-bond acceptors (Lipinski definition) is 3. The summed E-state index contributed by atoms with van der Waals surface area (Å²) in [6, 6.07) is 21.4. The molecule has 0 aliphatic rings. The van der Waals surface area contributed by atoms with E-state index in [1.807, 2.05) is 48.5 Å². The summed E-state index contributed by atoms with van der Waals surface area (Å²) in [5.74, 6) is 0. The van der Waals surface area contributed by atoms with Gasteiger partial charge < -0.3 is 0 Å². The Kier molecular flexibility index (Phi) is 5.02. The number of benzene rings is 3. The number of nitro groups is 1. The molecule has 0 saturated carbocycles. The predicted molar refractivity (Wildman–Crippen MR) is 107 cm³/mol. The molecule has 5 nitrogen and oxygen atoms in total. The first-order valence-corrected chi connectivity index (χ1v) is 8.88. The minimum Gasteiger partial charge on any atom is -0.258 e. The van der Waals surface area contributed by atoms with Crippen molar-refractivity contribution in [1.29, 1.82) is 0 Å². The molecular formula is C21H24N3O2+. The summed E-state index contributed by atoms with van der Waals surface area (Å²) in [4.78, 5) is 11.2. The Morgan fingerprint density at radius 1 is 0.885 bits per heavy atom. The number of fused-ring (bicyclic) bond motifs is 1. The Morgan fingerprint density at radius 3 is 2.04 bits per heavy atom. The lowest BCUT2D eigenvalue weighted by Crippen LogP contribution is -2.55. The van der Waals surface area contributed by atoms with Crippen LogP contribution in [0.4, 0.5) is 17.1 Å². The second kappa shape index (κ2) is 7.23. The standard InChI is InChI=1S/C21H24N3O2/c1-4-22(5-2)24(3,17-11-7-6-8-12-17)21-16-15-20(23(25)26)18-13-9-10-14-19(18)21/h6-16H,4-5H2,1-3H3/q+1. The first-order valence-electron chi connectivity index (χ1n) is 8.88. The lowest BCUT2D eigenvalue weighted by Gasteiger charge is -2.41. The molecule has 0 aliphatic heterocycles. The second-order valence-corrected chi connectivity index (χ2v) is 6.34. The Bertz CT molecular complexity index is 923. The van der Waals surface area contributed by atoms with Gasteiger partial charge in [0.1, 0.15) is 0 Å². The molecule has 3 aromatic rings. The third-order valence-corrected chi connectivity index (χ3v) is 5.10.